The Morgan fingerprint density at radius 1 is 0.952 bits per heavy atom. The first-order valence-corrected chi connectivity index (χ1v) is 6.21. The van der Waals surface area contributed by atoms with E-state index in [1.165, 1.54) is 6.92 Å². The second-order valence-electron chi connectivity index (χ2n) is 4.51. The molecule has 0 aliphatic carbocycles. The predicted octanol–water partition coefficient (Wildman–Crippen LogP) is -1.51. The van der Waals surface area contributed by atoms with Gasteiger partial charge in [0.05, 0.1) is 0 Å². The van der Waals surface area contributed by atoms with E-state index in [0.717, 1.165) is 13.8 Å². The molecule has 9 heteroatoms. The summed E-state index contributed by atoms with van der Waals surface area (Å²) in [4.78, 5) is 33.1. The molecule has 1 aliphatic heterocycles. The second-order valence-corrected chi connectivity index (χ2v) is 4.51. The van der Waals surface area contributed by atoms with Crippen molar-refractivity contribution in [1.82, 2.24) is 0 Å². The Labute approximate surface area is 120 Å². The first-order valence-electron chi connectivity index (χ1n) is 6.21. The van der Waals surface area contributed by atoms with Gasteiger partial charge in [-0.2, -0.15) is 0 Å². The van der Waals surface area contributed by atoms with Gasteiger partial charge in [0.15, 0.2) is 18.5 Å². The molecular formula is C12H18O9. The molecule has 1 aliphatic rings. The van der Waals surface area contributed by atoms with E-state index in [2.05, 4.69) is 0 Å². The van der Waals surface area contributed by atoms with E-state index in [0.29, 0.717) is 0 Å². The summed E-state index contributed by atoms with van der Waals surface area (Å²) in [6.07, 6.45) is -6.92. The summed E-state index contributed by atoms with van der Waals surface area (Å²) >= 11 is 0. The maximum absolute atomic E-state index is 11.1. The fourth-order valence-electron chi connectivity index (χ4n) is 1.90. The molecule has 5 atom stereocenters. The maximum atomic E-state index is 11.1. The molecule has 21 heavy (non-hydrogen) atoms. The van der Waals surface area contributed by atoms with Crippen molar-refractivity contribution in [2.45, 2.75) is 51.5 Å². The molecule has 0 aromatic carbocycles. The molecule has 1 heterocycles. The molecule has 0 aromatic heterocycles. The van der Waals surface area contributed by atoms with Crippen LogP contribution in [0.3, 0.4) is 0 Å². The molecular weight excluding hydrogens is 288 g/mol. The average Bonchev–Trinajstić information content (AvgIpc) is 2.35. The normalized spacial score (nSPS) is 32.1. The number of hydrogen-bond donors (Lipinski definition) is 2. The Morgan fingerprint density at radius 2 is 1.48 bits per heavy atom. The third kappa shape index (κ3) is 4.96. The van der Waals surface area contributed by atoms with Crippen LogP contribution < -0.4 is 0 Å². The Kier molecular flexibility index (Phi) is 6.06. The number of rotatable bonds is 4. The zero-order chi connectivity index (χ0) is 16.2. The zero-order valence-corrected chi connectivity index (χ0v) is 11.8. The Balaban J connectivity index is 2.94. The highest BCUT2D eigenvalue weighted by atomic mass is 16.7. The summed E-state index contributed by atoms with van der Waals surface area (Å²) in [7, 11) is 0. The smallest absolute Gasteiger partial charge is 0.303 e. The van der Waals surface area contributed by atoms with Crippen LogP contribution in [-0.4, -0.2) is 65.4 Å². The highest BCUT2D eigenvalue weighted by Crippen LogP contribution is 2.25. The van der Waals surface area contributed by atoms with Crippen molar-refractivity contribution in [3.63, 3.8) is 0 Å². The summed E-state index contributed by atoms with van der Waals surface area (Å²) < 4.78 is 19.6. The fraction of sp³-hybridized carbons (Fsp3) is 0.750. The molecule has 0 bridgehead atoms. The van der Waals surface area contributed by atoms with Gasteiger partial charge in [-0.3, -0.25) is 14.4 Å². The van der Waals surface area contributed by atoms with Gasteiger partial charge in [-0.25, -0.2) is 0 Å². The molecule has 9 nitrogen and oxygen atoms in total. The van der Waals surface area contributed by atoms with Crippen LogP contribution in [0.5, 0.6) is 0 Å². The van der Waals surface area contributed by atoms with Gasteiger partial charge >= 0.3 is 17.9 Å². The molecule has 1 saturated heterocycles. The monoisotopic (exact) mass is 306 g/mol. The van der Waals surface area contributed by atoms with Gasteiger partial charge in [0.1, 0.15) is 18.8 Å². The van der Waals surface area contributed by atoms with Crippen molar-refractivity contribution >= 4 is 17.9 Å². The summed E-state index contributed by atoms with van der Waals surface area (Å²) in [5, 5.41) is 19.4. The minimum atomic E-state index is -1.68. The second kappa shape index (κ2) is 7.34. The van der Waals surface area contributed by atoms with Gasteiger partial charge in [-0.1, -0.05) is 0 Å². The summed E-state index contributed by atoms with van der Waals surface area (Å²) in [5.74, 6) is -2.06. The Bertz CT molecular complexity index is 408. The van der Waals surface area contributed by atoms with Crippen molar-refractivity contribution in [2.75, 3.05) is 6.61 Å². The van der Waals surface area contributed by atoms with Gasteiger partial charge in [0.2, 0.25) is 0 Å². The third-order valence-corrected chi connectivity index (χ3v) is 2.69. The lowest BCUT2D eigenvalue weighted by Crippen LogP contribution is -2.61. The molecule has 0 saturated carbocycles. The molecule has 0 aromatic rings. The minimum Gasteiger partial charge on any atom is -0.463 e. The van der Waals surface area contributed by atoms with E-state index in [1.807, 2.05) is 0 Å². The summed E-state index contributed by atoms with van der Waals surface area (Å²) in [6, 6.07) is 0. The SMILES string of the molecule is CC(=O)OC[C@@H]1O[C@H](O)[C@@H](O)[C@@H](OC(C)=O)[C@@H]1OC(C)=O. The number of esters is 3. The quantitative estimate of drug-likeness (QED) is 0.470. The van der Waals surface area contributed by atoms with Gasteiger partial charge in [-0.15, -0.1) is 0 Å². The van der Waals surface area contributed by atoms with E-state index in [9.17, 15) is 24.6 Å². The first kappa shape index (κ1) is 17.3. The predicted molar refractivity (Wildman–Crippen MR) is 64.6 cm³/mol. The van der Waals surface area contributed by atoms with Gasteiger partial charge in [-0.05, 0) is 0 Å². The lowest BCUT2D eigenvalue weighted by atomic mass is 9.98. The number of carbonyl (C=O) groups is 3. The summed E-state index contributed by atoms with van der Waals surface area (Å²) in [6.45, 7) is 3.04. The minimum absolute atomic E-state index is 0.338. The van der Waals surface area contributed by atoms with Crippen LogP contribution in [0, 0.1) is 0 Å². The molecule has 0 unspecified atom stereocenters. The topological polar surface area (TPSA) is 129 Å². The van der Waals surface area contributed by atoms with Crippen molar-refractivity contribution in [1.29, 1.82) is 0 Å². The van der Waals surface area contributed by atoms with E-state index < -0.39 is 48.6 Å². The van der Waals surface area contributed by atoms with E-state index in [1.54, 1.807) is 0 Å². The lowest BCUT2D eigenvalue weighted by molar-refractivity contribution is -0.293. The molecule has 2 N–H and O–H groups in total. The molecule has 120 valence electrons. The van der Waals surface area contributed by atoms with Crippen molar-refractivity contribution in [3.05, 3.63) is 0 Å². The van der Waals surface area contributed by atoms with Crippen molar-refractivity contribution in [2.24, 2.45) is 0 Å². The maximum Gasteiger partial charge on any atom is 0.303 e. The first-order chi connectivity index (χ1) is 9.72. The number of hydrogen-bond acceptors (Lipinski definition) is 9. The highest BCUT2D eigenvalue weighted by Gasteiger charge is 2.49. The van der Waals surface area contributed by atoms with Crippen LogP contribution in [0.2, 0.25) is 0 Å². The fourth-order valence-corrected chi connectivity index (χ4v) is 1.90. The molecule has 0 radical (unpaired) electrons. The largest absolute Gasteiger partial charge is 0.463 e. The van der Waals surface area contributed by atoms with Gasteiger partial charge in [0, 0.05) is 20.8 Å². The number of carbonyl (C=O) groups excluding carboxylic acids is 3. The highest BCUT2D eigenvalue weighted by molar-refractivity contribution is 5.67. The van der Waals surface area contributed by atoms with Crippen molar-refractivity contribution in [3.8, 4) is 0 Å². The summed E-state index contributed by atoms with van der Waals surface area (Å²) in [5.41, 5.74) is 0. The van der Waals surface area contributed by atoms with E-state index >= 15 is 0 Å². The average molecular weight is 306 g/mol. The third-order valence-electron chi connectivity index (χ3n) is 2.69. The number of ether oxygens (including phenoxy) is 4. The van der Waals surface area contributed by atoms with Gasteiger partial charge < -0.3 is 29.2 Å². The molecule has 1 rings (SSSR count). The Hall–Kier alpha value is -1.71. The van der Waals surface area contributed by atoms with Crippen LogP contribution in [0.1, 0.15) is 20.8 Å². The van der Waals surface area contributed by atoms with Crippen molar-refractivity contribution < 1.29 is 43.5 Å². The van der Waals surface area contributed by atoms with Gasteiger partial charge in [0.25, 0.3) is 0 Å². The molecule has 0 spiro atoms. The van der Waals surface area contributed by atoms with E-state index in [-0.39, 0.29) is 6.61 Å². The van der Waals surface area contributed by atoms with Crippen LogP contribution in [0.25, 0.3) is 0 Å². The zero-order valence-electron chi connectivity index (χ0n) is 11.8. The van der Waals surface area contributed by atoms with E-state index in [4.69, 9.17) is 18.9 Å². The molecule has 1 fully saturated rings. The number of aliphatic hydroxyl groups excluding tert-OH is 2. The van der Waals surface area contributed by atoms with Crippen LogP contribution >= 0.6 is 0 Å². The number of aliphatic hydroxyl groups is 2. The van der Waals surface area contributed by atoms with Crippen LogP contribution in [0.4, 0.5) is 0 Å². The Morgan fingerprint density at radius 3 is 1.95 bits per heavy atom. The molecule has 0 amide bonds. The van der Waals surface area contributed by atoms with Crippen LogP contribution in [-0.2, 0) is 33.3 Å². The lowest BCUT2D eigenvalue weighted by Gasteiger charge is -2.41. The standard InChI is InChI=1S/C12H18O9/c1-5(13)18-4-8-10(19-6(2)14)11(20-7(3)15)9(16)12(17)21-8/h8-12,16-17H,4H2,1-3H3/t8-,9-,10+,11+,12-/m0/s1. The van der Waals surface area contributed by atoms with Crippen LogP contribution in [0.15, 0.2) is 0 Å².